The van der Waals surface area contributed by atoms with E-state index in [1.807, 2.05) is 37.3 Å². The van der Waals surface area contributed by atoms with E-state index >= 15 is 0 Å². The summed E-state index contributed by atoms with van der Waals surface area (Å²) in [5.41, 5.74) is 3.27. The zero-order valence-electron chi connectivity index (χ0n) is 13.2. The normalized spacial score (nSPS) is 11.3. The number of aryl methyl sites for hydroxylation is 1. The molecular formula is C17H15N5OS. The molecule has 0 atom stereocenters. The first-order valence-corrected chi connectivity index (χ1v) is 8.22. The van der Waals surface area contributed by atoms with Crippen LogP contribution >= 0.6 is 11.3 Å². The number of nitrogens with zero attached hydrogens (tertiary/aromatic N) is 4. The average Bonchev–Trinajstić information content (AvgIpc) is 2.96. The molecule has 0 saturated carbocycles. The second-order valence-electron chi connectivity index (χ2n) is 5.66. The van der Waals surface area contributed by atoms with Gasteiger partial charge in [0.1, 0.15) is 21.4 Å². The van der Waals surface area contributed by atoms with E-state index in [1.54, 1.807) is 24.1 Å². The van der Waals surface area contributed by atoms with Crippen molar-refractivity contribution in [3.05, 3.63) is 58.8 Å². The van der Waals surface area contributed by atoms with E-state index in [0.29, 0.717) is 10.2 Å². The van der Waals surface area contributed by atoms with Crippen LogP contribution in [-0.4, -0.2) is 21.6 Å². The van der Waals surface area contributed by atoms with Crippen LogP contribution in [0.5, 0.6) is 0 Å². The van der Waals surface area contributed by atoms with E-state index in [0.717, 1.165) is 27.2 Å². The van der Waals surface area contributed by atoms with Gasteiger partial charge in [-0.05, 0) is 25.1 Å². The SMILES string of the molecule is Cc1ccc(-n2cnc3c(sc4nccc(N(C)N)c43)c2=O)cc1. The quantitative estimate of drug-likeness (QED) is 0.449. The van der Waals surface area contributed by atoms with E-state index < -0.39 is 0 Å². The zero-order chi connectivity index (χ0) is 16.8. The van der Waals surface area contributed by atoms with E-state index in [-0.39, 0.29) is 5.56 Å². The monoisotopic (exact) mass is 337 g/mol. The first-order chi connectivity index (χ1) is 11.6. The number of nitrogens with two attached hydrogens (primary N) is 1. The largest absolute Gasteiger partial charge is 0.313 e. The van der Waals surface area contributed by atoms with Crippen LogP contribution in [0.15, 0.2) is 47.7 Å². The van der Waals surface area contributed by atoms with Crippen LogP contribution in [0.2, 0.25) is 0 Å². The molecule has 1 aromatic carbocycles. The van der Waals surface area contributed by atoms with Crippen LogP contribution in [-0.2, 0) is 0 Å². The Morgan fingerprint density at radius 3 is 2.62 bits per heavy atom. The summed E-state index contributed by atoms with van der Waals surface area (Å²) >= 11 is 1.34. The maximum absolute atomic E-state index is 12.9. The molecule has 2 N–H and O–H groups in total. The number of fused-ring (bicyclic) bond motifs is 3. The lowest BCUT2D eigenvalue weighted by Crippen LogP contribution is -2.25. The summed E-state index contributed by atoms with van der Waals surface area (Å²) < 4.78 is 2.14. The Labute approximate surface area is 141 Å². The van der Waals surface area contributed by atoms with Crippen molar-refractivity contribution in [3.8, 4) is 5.69 Å². The van der Waals surface area contributed by atoms with Crippen molar-refractivity contribution in [1.29, 1.82) is 0 Å². The van der Waals surface area contributed by atoms with Crippen LogP contribution in [0.4, 0.5) is 5.69 Å². The molecule has 3 heterocycles. The molecule has 0 aliphatic rings. The van der Waals surface area contributed by atoms with Crippen molar-refractivity contribution in [2.45, 2.75) is 6.92 Å². The van der Waals surface area contributed by atoms with Crippen molar-refractivity contribution in [2.24, 2.45) is 5.84 Å². The highest BCUT2D eigenvalue weighted by Gasteiger charge is 2.16. The highest BCUT2D eigenvalue weighted by Crippen LogP contribution is 2.34. The zero-order valence-corrected chi connectivity index (χ0v) is 14.0. The van der Waals surface area contributed by atoms with Crippen LogP contribution in [0.1, 0.15) is 5.56 Å². The highest BCUT2D eigenvalue weighted by molar-refractivity contribution is 7.25. The molecule has 0 bridgehead atoms. The molecular weight excluding hydrogens is 322 g/mol. The van der Waals surface area contributed by atoms with Crippen molar-refractivity contribution in [2.75, 3.05) is 12.1 Å². The van der Waals surface area contributed by atoms with E-state index in [4.69, 9.17) is 5.84 Å². The predicted octanol–water partition coefficient (Wildman–Crippen LogP) is 2.61. The maximum atomic E-state index is 12.9. The Morgan fingerprint density at radius 2 is 1.92 bits per heavy atom. The molecule has 4 aromatic rings. The average molecular weight is 337 g/mol. The number of hydrazine groups is 1. The first-order valence-electron chi connectivity index (χ1n) is 7.40. The Balaban J connectivity index is 2.04. The fourth-order valence-corrected chi connectivity index (χ4v) is 3.77. The predicted molar refractivity (Wildman–Crippen MR) is 97.8 cm³/mol. The Kier molecular flexibility index (Phi) is 3.33. The van der Waals surface area contributed by atoms with Crippen molar-refractivity contribution < 1.29 is 0 Å². The van der Waals surface area contributed by atoms with Crippen LogP contribution in [0, 0.1) is 6.92 Å². The van der Waals surface area contributed by atoms with Gasteiger partial charge >= 0.3 is 0 Å². The van der Waals surface area contributed by atoms with Crippen molar-refractivity contribution in [3.63, 3.8) is 0 Å². The molecule has 0 unspecified atom stereocenters. The topological polar surface area (TPSA) is 77.0 Å². The van der Waals surface area contributed by atoms with Crippen LogP contribution in [0.3, 0.4) is 0 Å². The molecule has 3 aromatic heterocycles. The smallest absolute Gasteiger partial charge is 0.275 e. The minimum atomic E-state index is -0.0996. The Bertz CT molecular complexity index is 1110. The molecule has 0 saturated heterocycles. The number of hydrogen-bond donors (Lipinski definition) is 1. The van der Waals surface area contributed by atoms with Gasteiger partial charge in [0, 0.05) is 13.2 Å². The molecule has 0 radical (unpaired) electrons. The number of rotatable bonds is 2. The molecule has 4 rings (SSSR count). The van der Waals surface area contributed by atoms with Gasteiger partial charge in [-0.1, -0.05) is 17.7 Å². The number of pyridine rings is 1. The van der Waals surface area contributed by atoms with Gasteiger partial charge in [-0.25, -0.2) is 15.8 Å². The first kappa shape index (κ1) is 14.8. The lowest BCUT2D eigenvalue weighted by atomic mass is 10.2. The van der Waals surface area contributed by atoms with E-state index in [2.05, 4.69) is 9.97 Å². The Hall–Kier alpha value is -2.77. The van der Waals surface area contributed by atoms with Gasteiger partial charge in [-0.2, -0.15) is 0 Å². The van der Waals surface area contributed by atoms with E-state index in [1.165, 1.54) is 16.3 Å². The Morgan fingerprint density at radius 1 is 1.17 bits per heavy atom. The van der Waals surface area contributed by atoms with E-state index in [9.17, 15) is 4.79 Å². The van der Waals surface area contributed by atoms with Crippen LogP contribution in [0.25, 0.3) is 26.1 Å². The standard InChI is InChI=1S/C17H15N5OS/c1-10-3-5-11(6-4-10)22-9-20-14-13-12(21(2)18)7-8-19-16(13)24-15(14)17(22)23/h3-9H,18H2,1-2H3. The molecule has 0 fully saturated rings. The summed E-state index contributed by atoms with van der Waals surface area (Å²) in [6.07, 6.45) is 3.25. The molecule has 0 amide bonds. The molecule has 0 aliphatic carbocycles. The third-order valence-electron chi connectivity index (χ3n) is 3.95. The summed E-state index contributed by atoms with van der Waals surface area (Å²) in [5.74, 6) is 5.90. The van der Waals surface area contributed by atoms with Gasteiger partial charge in [-0.15, -0.1) is 11.3 Å². The third-order valence-corrected chi connectivity index (χ3v) is 5.03. The van der Waals surface area contributed by atoms with Gasteiger partial charge in [0.05, 0.1) is 16.8 Å². The number of aromatic nitrogens is 3. The lowest BCUT2D eigenvalue weighted by Gasteiger charge is -2.12. The minimum Gasteiger partial charge on any atom is -0.313 e. The number of anilines is 1. The van der Waals surface area contributed by atoms with Crippen molar-refractivity contribution in [1.82, 2.24) is 14.5 Å². The maximum Gasteiger partial charge on any atom is 0.275 e. The van der Waals surface area contributed by atoms with Gasteiger partial charge in [0.15, 0.2) is 0 Å². The summed E-state index contributed by atoms with van der Waals surface area (Å²) in [5, 5.41) is 2.33. The van der Waals surface area contributed by atoms with Gasteiger partial charge < -0.3 is 5.01 Å². The molecule has 0 spiro atoms. The third kappa shape index (κ3) is 2.17. The number of hydrogen-bond acceptors (Lipinski definition) is 6. The summed E-state index contributed by atoms with van der Waals surface area (Å²) in [4.78, 5) is 22.6. The summed E-state index contributed by atoms with van der Waals surface area (Å²) in [6.45, 7) is 2.01. The van der Waals surface area contributed by atoms with Gasteiger partial charge in [0.2, 0.25) is 0 Å². The number of thiophene rings is 1. The lowest BCUT2D eigenvalue weighted by molar-refractivity contribution is 0.966. The molecule has 7 heteroatoms. The summed E-state index contributed by atoms with van der Waals surface area (Å²) in [6, 6.07) is 9.59. The van der Waals surface area contributed by atoms with Crippen LogP contribution < -0.4 is 16.4 Å². The molecule has 0 aliphatic heterocycles. The van der Waals surface area contributed by atoms with Crippen molar-refractivity contribution >= 4 is 37.5 Å². The van der Waals surface area contributed by atoms with Gasteiger partial charge in [0.25, 0.3) is 5.56 Å². The number of benzene rings is 1. The minimum absolute atomic E-state index is 0.0996. The fourth-order valence-electron chi connectivity index (χ4n) is 2.72. The second-order valence-corrected chi connectivity index (χ2v) is 6.66. The summed E-state index contributed by atoms with van der Waals surface area (Å²) in [7, 11) is 1.76. The molecule has 6 nitrogen and oxygen atoms in total. The van der Waals surface area contributed by atoms with Gasteiger partial charge in [-0.3, -0.25) is 9.36 Å². The fraction of sp³-hybridized carbons (Fsp3) is 0.118. The highest BCUT2D eigenvalue weighted by atomic mass is 32.1. The second kappa shape index (κ2) is 5.40. The molecule has 120 valence electrons. The molecule has 24 heavy (non-hydrogen) atoms.